The molecule has 0 radical (unpaired) electrons. The molecule has 1 aromatic carbocycles. The standard InChI is InChI=1S/C14H19FO5/c1-7(15)8-3-2-4-9(5-8)14-13(19)12(18)11(17)10(6-16)20-14/h2-5,7,10-14,16-19H,6H2,1H3/t7?,10-,11-,12+,13-,14+/m1/s1. The molecule has 112 valence electrons. The summed E-state index contributed by atoms with van der Waals surface area (Å²) < 4.78 is 18.7. The number of hydrogen-bond acceptors (Lipinski definition) is 5. The number of halogens is 1. The third-order valence-corrected chi connectivity index (χ3v) is 3.59. The zero-order chi connectivity index (χ0) is 14.9. The summed E-state index contributed by atoms with van der Waals surface area (Å²) in [5, 5.41) is 38.6. The molecular formula is C14H19FO5. The van der Waals surface area contributed by atoms with Gasteiger partial charge in [0.2, 0.25) is 0 Å². The van der Waals surface area contributed by atoms with Crippen LogP contribution in [0, 0.1) is 0 Å². The number of ether oxygens (including phenoxy) is 1. The van der Waals surface area contributed by atoms with Crippen LogP contribution >= 0.6 is 0 Å². The number of alkyl halides is 1. The van der Waals surface area contributed by atoms with E-state index in [-0.39, 0.29) is 0 Å². The van der Waals surface area contributed by atoms with E-state index in [0.717, 1.165) is 0 Å². The monoisotopic (exact) mass is 286 g/mol. The van der Waals surface area contributed by atoms with Crippen LogP contribution in [0.25, 0.3) is 0 Å². The Hall–Kier alpha value is -1.05. The summed E-state index contributed by atoms with van der Waals surface area (Å²) in [5.74, 6) is 0. The molecule has 1 aromatic rings. The van der Waals surface area contributed by atoms with Crippen LogP contribution in [0.15, 0.2) is 24.3 Å². The minimum Gasteiger partial charge on any atom is -0.394 e. The normalized spacial score (nSPS) is 35.8. The summed E-state index contributed by atoms with van der Waals surface area (Å²) in [6.07, 6.45) is -7.24. The lowest BCUT2D eigenvalue weighted by Gasteiger charge is -2.40. The number of benzene rings is 1. The largest absolute Gasteiger partial charge is 0.394 e. The fraction of sp³-hybridized carbons (Fsp3) is 0.571. The van der Waals surface area contributed by atoms with Gasteiger partial charge in [-0.1, -0.05) is 24.3 Å². The van der Waals surface area contributed by atoms with Crippen molar-refractivity contribution in [2.75, 3.05) is 6.61 Å². The molecule has 0 aromatic heterocycles. The molecular weight excluding hydrogens is 267 g/mol. The summed E-state index contributed by atoms with van der Waals surface area (Å²) in [5.41, 5.74) is 0.920. The van der Waals surface area contributed by atoms with Crippen LogP contribution in [0.4, 0.5) is 4.39 Å². The molecule has 0 aliphatic carbocycles. The molecule has 1 aliphatic rings. The molecule has 0 bridgehead atoms. The Morgan fingerprint density at radius 1 is 1.20 bits per heavy atom. The van der Waals surface area contributed by atoms with Crippen LogP contribution in [0.2, 0.25) is 0 Å². The molecule has 1 fully saturated rings. The van der Waals surface area contributed by atoms with E-state index < -0.39 is 43.3 Å². The van der Waals surface area contributed by atoms with Crippen molar-refractivity contribution < 1.29 is 29.6 Å². The van der Waals surface area contributed by atoms with E-state index in [1.54, 1.807) is 18.2 Å². The number of aliphatic hydroxyl groups is 4. The van der Waals surface area contributed by atoms with Crippen molar-refractivity contribution in [3.05, 3.63) is 35.4 Å². The first-order chi connectivity index (χ1) is 9.45. The quantitative estimate of drug-likeness (QED) is 0.639. The Kier molecular flexibility index (Phi) is 4.72. The predicted molar refractivity (Wildman–Crippen MR) is 68.7 cm³/mol. The molecule has 6 heteroatoms. The lowest BCUT2D eigenvalue weighted by molar-refractivity contribution is -0.231. The van der Waals surface area contributed by atoms with Crippen molar-refractivity contribution in [2.24, 2.45) is 0 Å². The first-order valence-electron chi connectivity index (χ1n) is 6.50. The maximum absolute atomic E-state index is 13.3. The predicted octanol–water partition coefficient (Wildman–Crippen LogP) is 0.232. The van der Waals surface area contributed by atoms with Crippen molar-refractivity contribution in [2.45, 2.75) is 43.6 Å². The summed E-state index contributed by atoms with van der Waals surface area (Å²) in [6, 6.07) is 6.41. The van der Waals surface area contributed by atoms with E-state index in [0.29, 0.717) is 11.1 Å². The Bertz CT molecular complexity index is 451. The van der Waals surface area contributed by atoms with Gasteiger partial charge in [0, 0.05) is 0 Å². The Morgan fingerprint density at radius 3 is 2.50 bits per heavy atom. The zero-order valence-electron chi connectivity index (χ0n) is 11.1. The molecule has 6 atom stereocenters. The van der Waals surface area contributed by atoms with Gasteiger partial charge in [0.05, 0.1) is 6.61 Å². The first-order valence-corrected chi connectivity index (χ1v) is 6.50. The van der Waals surface area contributed by atoms with E-state index in [1.165, 1.54) is 13.0 Å². The molecule has 20 heavy (non-hydrogen) atoms. The highest BCUT2D eigenvalue weighted by Crippen LogP contribution is 2.33. The molecule has 5 nitrogen and oxygen atoms in total. The summed E-state index contributed by atoms with van der Waals surface area (Å²) in [6.45, 7) is 0.910. The van der Waals surface area contributed by atoms with Gasteiger partial charge in [-0.25, -0.2) is 4.39 Å². The van der Waals surface area contributed by atoms with Crippen molar-refractivity contribution in [1.82, 2.24) is 0 Å². The van der Waals surface area contributed by atoms with Crippen LogP contribution in [0.3, 0.4) is 0 Å². The second-order valence-corrected chi connectivity index (χ2v) is 5.04. The minimum atomic E-state index is -1.43. The topological polar surface area (TPSA) is 90.2 Å². The molecule has 0 amide bonds. The van der Waals surface area contributed by atoms with Gasteiger partial charge in [-0.3, -0.25) is 0 Å². The van der Waals surface area contributed by atoms with Crippen LogP contribution in [-0.2, 0) is 4.74 Å². The molecule has 0 saturated carbocycles. The second kappa shape index (κ2) is 6.15. The number of rotatable bonds is 3. The molecule has 4 N–H and O–H groups in total. The average Bonchev–Trinajstić information content (AvgIpc) is 2.45. The maximum Gasteiger partial charge on any atom is 0.122 e. The Labute approximate surface area is 116 Å². The van der Waals surface area contributed by atoms with E-state index >= 15 is 0 Å². The molecule has 1 unspecified atom stereocenters. The summed E-state index contributed by atoms with van der Waals surface area (Å²) in [4.78, 5) is 0. The van der Waals surface area contributed by atoms with Crippen LogP contribution in [-0.4, -0.2) is 51.4 Å². The van der Waals surface area contributed by atoms with Gasteiger partial charge in [0.25, 0.3) is 0 Å². The molecule has 1 aliphatic heterocycles. The molecule has 2 rings (SSSR count). The highest BCUT2D eigenvalue weighted by atomic mass is 19.1. The van der Waals surface area contributed by atoms with Gasteiger partial charge in [0.15, 0.2) is 0 Å². The summed E-state index contributed by atoms with van der Waals surface area (Å²) in [7, 11) is 0. The minimum absolute atomic E-state index is 0.430. The van der Waals surface area contributed by atoms with Crippen molar-refractivity contribution in [3.8, 4) is 0 Å². The SMILES string of the molecule is CC(F)c1cccc([C@@H]2O[C@H](CO)[C@@H](O)[C@H](O)[C@H]2O)c1. The third-order valence-electron chi connectivity index (χ3n) is 3.59. The van der Waals surface area contributed by atoms with Crippen molar-refractivity contribution >= 4 is 0 Å². The van der Waals surface area contributed by atoms with E-state index in [4.69, 9.17) is 9.84 Å². The van der Waals surface area contributed by atoms with Crippen LogP contribution in [0.5, 0.6) is 0 Å². The molecule has 0 spiro atoms. The fourth-order valence-electron chi connectivity index (χ4n) is 2.36. The summed E-state index contributed by atoms with van der Waals surface area (Å²) >= 11 is 0. The first kappa shape index (κ1) is 15.3. The third kappa shape index (κ3) is 2.84. The van der Waals surface area contributed by atoms with Gasteiger partial charge in [-0.05, 0) is 18.1 Å². The van der Waals surface area contributed by atoms with E-state index in [9.17, 15) is 19.7 Å². The lowest BCUT2D eigenvalue weighted by atomic mass is 9.90. The van der Waals surface area contributed by atoms with Gasteiger partial charge in [-0.15, -0.1) is 0 Å². The smallest absolute Gasteiger partial charge is 0.122 e. The van der Waals surface area contributed by atoms with Gasteiger partial charge in [0.1, 0.15) is 36.7 Å². The maximum atomic E-state index is 13.3. The van der Waals surface area contributed by atoms with Gasteiger partial charge >= 0.3 is 0 Å². The fourth-order valence-corrected chi connectivity index (χ4v) is 2.36. The number of hydrogen-bond donors (Lipinski definition) is 4. The van der Waals surface area contributed by atoms with Crippen LogP contribution in [0.1, 0.15) is 30.3 Å². The van der Waals surface area contributed by atoms with Crippen LogP contribution < -0.4 is 0 Å². The Morgan fingerprint density at radius 2 is 1.90 bits per heavy atom. The zero-order valence-corrected chi connectivity index (χ0v) is 11.1. The highest BCUT2D eigenvalue weighted by Gasteiger charge is 2.43. The lowest BCUT2D eigenvalue weighted by Crippen LogP contribution is -2.55. The highest BCUT2D eigenvalue weighted by molar-refractivity contribution is 5.28. The van der Waals surface area contributed by atoms with Gasteiger partial charge in [-0.2, -0.15) is 0 Å². The van der Waals surface area contributed by atoms with Gasteiger partial charge < -0.3 is 25.2 Å². The van der Waals surface area contributed by atoms with Crippen molar-refractivity contribution in [1.29, 1.82) is 0 Å². The van der Waals surface area contributed by atoms with E-state index in [2.05, 4.69) is 0 Å². The average molecular weight is 286 g/mol. The van der Waals surface area contributed by atoms with Crippen molar-refractivity contribution in [3.63, 3.8) is 0 Å². The molecule has 1 heterocycles. The Balaban J connectivity index is 2.28. The van der Waals surface area contributed by atoms with E-state index in [1.807, 2.05) is 0 Å². The molecule has 1 saturated heterocycles. The second-order valence-electron chi connectivity index (χ2n) is 5.04. The number of aliphatic hydroxyl groups excluding tert-OH is 4.